The number of carbonyl (C=O) groups is 2. The third-order valence-corrected chi connectivity index (χ3v) is 3.47. The molecular formula is C11H19ClN2O2. The van der Waals surface area contributed by atoms with Gasteiger partial charge in [-0.05, 0) is 19.9 Å². The van der Waals surface area contributed by atoms with Crippen molar-refractivity contribution in [1.82, 2.24) is 10.2 Å². The molecule has 2 fully saturated rings. The van der Waals surface area contributed by atoms with Crippen molar-refractivity contribution in [2.24, 2.45) is 0 Å². The summed E-state index contributed by atoms with van der Waals surface area (Å²) in [4.78, 5) is 25.1. The molecule has 0 aromatic heterocycles. The van der Waals surface area contributed by atoms with Crippen molar-refractivity contribution in [2.75, 3.05) is 7.05 Å². The van der Waals surface area contributed by atoms with Gasteiger partial charge in [0, 0.05) is 6.04 Å². The molecule has 1 N–H and O–H groups in total. The van der Waals surface area contributed by atoms with Gasteiger partial charge in [0.2, 0.25) is 11.8 Å². The number of halogens is 1. The van der Waals surface area contributed by atoms with E-state index in [1.165, 1.54) is 11.3 Å². The van der Waals surface area contributed by atoms with Gasteiger partial charge in [0.1, 0.15) is 0 Å². The molecule has 2 rings (SSSR count). The zero-order chi connectivity index (χ0) is 10.8. The predicted molar refractivity (Wildman–Crippen MR) is 63.4 cm³/mol. The van der Waals surface area contributed by atoms with Crippen molar-refractivity contribution in [3.05, 3.63) is 0 Å². The van der Waals surface area contributed by atoms with E-state index in [4.69, 9.17) is 0 Å². The average Bonchev–Trinajstić information content (AvgIpc) is 2.55. The summed E-state index contributed by atoms with van der Waals surface area (Å²) in [6, 6.07) is -0.100. The Balaban J connectivity index is 0.00000128. The summed E-state index contributed by atoms with van der Waals surface area (Å²) in [6.07, 6.45) is 5.85. The van der Waals surface area contributed by atoms with Crippen LogP contribution in [0.25, 0.3) is 0 Å². The molecule has 0 radical (unpaired) electrons. The molecule has 0 bridgehead atoms. The topological polar surface area (TPSA) is 49.4 Å². The van der Waals surface area contributed by atoms with Crippen LogP contribution in [-0.4, -0.2) is 35.8 Å². The highest BCUT2D eigenvalue weighted by Crippen LogP contribution is 2.26. The van der Waals surface area contributed by atoms with Crippen LogP contribution < -0.4 is 5.32 Å². The molecule has 1 heterocycles. The fourth-order valence-corrected chi connectivity index (χ4v) is 2.60. The molecule has 2 aliphatic rings. The Morgan fingerprint density at radius 3 is 2.31 bits per heavy atom. The summed E-state index contributed by atoms with van der Waals surface area (Å²) in [5, 5.41) is 2.90. The van der Waals surface area contributed by atoms with Crippen molar-refractivity contribution in [2.45, 2.75) is 50.6 Å². The summed E-state index contributed by atoms with van der Waals surface area (Å²) in [7, 11) is 1.74. The number of carbonyl (C=O) groups excluding carboxylic acids is 2. The van der Waals surface area contributed by atoms with Crippen molar-refractivity contribution in [3.63, 3.8) is 0 Å². The molecule has 1 unspecified atom stereocenters. The van der Waals surface area contributed by atoms with Gasteiger partial charge in [-0.25, -0.2) is 0 Å². The molecule has 92 valence electrons. The molecule has 1 aliphatic carbocycles. The second kappa shape index (κ2) is 5.64. The third-order valence-electron chi connectivity index (χ3n) is 3.47. The first-order valence-electron chi connectivity index (χ1n) is 5.77. The number of hydrogen-bond donors (Lipinski definition) is 1. The standard InChI is InChI=1S/C11H18N2O2.ClH/c1-12-9-7-10(14)13(11(9)15)8-5-3-2-4-6-8;/h8-9,12H,2-7H2,1H3;1H. The van der Waals surface area contributed by atoms with E-state index >= 15 is 0 Å². The van der Waals surface area contributed by atoms with E-state index in [1.54, 1.807) is 7.05 Å². The number of imide groups is 1. The minimum absolute atomic E-state index is 0. The minimum Gasteiger partial charge on any atom is -0.308 e. The first-order chi connectivity index (χ1) is 7.24. The molecule has 5 heteroatoms. The van der Waals surface area contributed by atoms with Crippen LogP contribution in [0.1, 0.15) is 38.5 Å². The quantitative estimate of drug-likeness (QED) is 0.742. The van der Waals surface area contributed by atoms with Gasteiger partial charge in [0.05, 0.1) is 12.5 Å². The minimum atomic E-state index is -0.278. The molecule has 0 spiro atoms. The molecule has 16 heavy (non-hydrogen) atoms. The van der Waals surface area contributed by atoms with Crippen LogP contribution in [0.3, 0.4) is 0 Å². The maximum atomic E-state index is 11.9. The fourth-order valence-electron chi connectivity index (χ4n) is 2.60. The van der Waals surface area contributed by atoms with Crippen LogP contribution in [0.2, 0.25) is 0 Å². The maximum absolute atomic E-state index is 11.9. The fraction of sp³-hybridized carbons (Fsp3) is 0.818. The number of likely N-dealkylation sites (tertiary alicyclic amines) is 1. The summed E-state index contributed by atoms with van der Waals surface area (Å²) in [5.41, 5.74) is 0. The van der Waals surface area contributed by atoms with Crippen LogP contribution in [0.5, 0.6) is 0 Å². The summed E-state index contributed by atoms with van der Waals surface area (Å²) >= 11 is 0. The highest BCUT2D eigenvalue weighted by molar-refractivity contribution is 6.05. The van der Waals surface area contributed by atoms with E-state index in [9.17, 15) is 9.59 Å². The van der Waals surface area contributed by atoms with E-state index < -0.39 is 0 Å². The smallest absolute Gasteiger partial charge is 0.247 e. The molecule has 0 aromatic carbocycles. The van der Waals surface area contributed by atoms with Gasteiger partial charge in [0.15, 0.2) is 0 Å². The number of nitrogens with zero attached hydrogens (tertiary/aromatic N) is 1. The average molecular weight is 247 g/mol. The second-order valence-corrected chi connectivity index (χ2v) is 4.44. The molecule has 0 aromatic rings. The lowest BCUT2D eigenvalue weighted by molar-refractivity contribution is -0.142. The van der Waals surface area contributed by atoms with Gasteiger partial charge < -0.3 is 5.32 Å². The van der Waals surface area contributed by atoms with Gasteiger partial charge in [-0.1, -0.05) is 19.3 Å². The Kier molecular flexibility index (Phi) is 4.74. The maximum Gasteiger partial charge on any atom is 0.247 e. The molecular weight excluding hydrogens is 228 g/mol. The highest BCUT2D eigenvalue weighted by Gasteiger charge is 2.41. The predicted octanol–water partition coefficient (Wildman–Crippen LogP) is 1.09. The Bertz CT molecular complexity index is 277. The first kappa shape index (κ1) is 13.5. The lowest BCUT2D eigenvalue weighted by Crippen LogP contribution is -2.44. The van der Waals surface area contributed by atoms with Crippen LogP contribution in [0.15, 0.2) is 0 Å². The normalized spacial score (nSPS) is 27.1. The lowest BCUT2D eigenvalue weighted by atomic mass is 9.94. The molecule has 4 nitrogen and oxygen atoms in total. The number of amides is 2. The zero-order valence-electron chi connectivity index (χ0n) is 9.57. The van der Waals surface area contributed by atoms with Crippen LogP contribution in [0.4, 0.5) is 0 Å². The number of nitrogens with one attached hydrogen (secondary N) is 1. The molecule has 1 saturated heterocycles. The van der Waals surface area contributed by atoms with Crippen LogP contribution >= 0.6 is 12.4 Å². The summed E-state index contributed by atoms with van der Waals surface area (Å²) in [5.74, 6) is -0.0133. The number of hydrogen-bond acceptors (Lipinski definition) is 3. The van der Waals surface area contributed by atoms with Crippen LogP contribution in [0, 0.1) is 0 Å². The molecule has 1 atom stereocenters. The molecule has 1 saturated carbocycles. The van der Waals surface area contributed by atoms with Crippen molar-refractivity contribution >= 4 is 24.2 Å². The van der Waals surface area contributed by atoms with Crippen molar-refractivity contribution in [3.8, 4) is 0 Å². The van der Waals surface area contributed by atoms with Gasteiger partial charge in [-0.15, -0.1) is 12.4 Å². The van der Waals surface area contributed by atoms with E-state index in [2.05, 4.69) is 5.32 Å². The third kappa shape index (κ3) is 2.38. The second-order valence-electron chi connectivity index (χ2n) is 4.44. The van der Waals surface area contributed by atoms with E-state index in [0.29, 0.717) is 6.42 Å². The van der Waals surface area contributed by atoms with Gasteiger partial charge in [0.25, 0.3) is 0 Å². The van der Waals surface area contributed by atoms with E-state index in [1.807, 2.05) is 0 Å². The number of rotatable bonds is 2. The Morgan fingerprint density at radius 2 is 1.81 bits per heavy atom. The Morgan fingerprint density at radius 1 is 1.19 bits per heavy atom. The lowest BCUT2D eigenvalue weighted by Gasteiger charge is -2.29. The summed E-state index contributed by atoms with van der Waals surface area (Å²) < 4.78 is 0. The van der Waals surface area contributed by atoms with Gasteiger partial charge >= 0.3 is 0 Å². The van der Waals surface area contributed by atoms with Gasteiger partial charge in [-0.2, -0.15) is 0 Å². The van der Waals surface area contributed by atoms with Crippen molar-refractivity contribution in [1.29, 1.82) is 0 Å². The van der Waals surface area contributed by atoms with Gasteiger partial charge in [-0.3, -0.25) is 14.5 Å². The summed E-state index contributed by atoms with van der Waals surface area (Å²) in [6.45, 7) is 0. The first-order valence-corrected chi connectivity index (χ1v) is 5.77. The van der Waals surface area contributed by atoms with Crippen LogP contribution in [-0.2, 0) is 9.59 Å². The SMILES string of the molecule is CNC1CC(=O)N(C2CCCCC2)C1=O.Cl. The zero-order valence-corrected chi connectivity index (χ0v) is 10.4. The van der Waals surface area contributed by atoms with E-state index in [0.717, 1.165) is 25.7 Å². The largest absolute Gasteiger partial charge is 0.308 e. The van der Waals surface area contributed by atoms with Crippen molar-refractivity contribution < 1.29 is 9.59 Å². The van der Waals surface area contributed by atoms with E-state index in [-0.39, 0.29) is 36.3 Å². The number of likely N-dealkylation sites (N-methyl/N-ethyl adjacent to an activating group) is 1. The monoisotopic (exact) mass is 246 g/mol. The highest BCUT2D eigenvalue weighted by atomic mass is 35.5. The Hall–Kier alpha value is -0.610. The molecule has 1 aliphatic heterocycles. The Labute approximate surface area is 102 Å². The molecule has 2 amide bonds.